The maximum Gasteiger partial charge on any atom is 0.185 e. The summed E-state index contributed by atoms with van der Waals surface area (Å²) in [5.41, 5.74) is 0. The van der Waals surface area contributed by atoms with E-state index in [0.29, 0.717) is 0 Å². The maximum atomic E-state index is 4.27. The van der Waals surface area contributed by atoms with Crippen LogP contribution in [-0.4, -0.2) is 36.1 Å². The lowest BCUT2D eigenvalue weighted by Crippen LogP contribution is -2.43. The van der Waals surface area contributed by atoms with E-state index in [-0.39, 0.29) is 0 Å². The lowest BCUT2D eigenvalue weighted by atomic mass is 10.3. The van der Waals surface area contributed by atoms with Gasteiger partial charge in [0.05, 0.1) is 0 Å². The minimum Gasteiger partial charge on any atom is -0.456 e. The summed E-state index contributed by atoms with van der Waals surface area (Å²) < 4.78 is 0. The highest BCUT2D eigenvalue weighted by atomic mass is 32.1. The summed E-state index contributed by atoms with van der Waals surface area (Å²) in [4.78, 5) is 8.68. The lowest BCUT2D eigenvalue weighted by Gasteiger charge is -2.36. The summed E-state index contributed by atoms with van der Waals surface area (Å²) in [5, 5.41) is 3.16. The Hall–Kier alpha value is -0.610. The Bertz CT molecular complexity index is 226. The van der Waals surface area contributed by atoms with Crippen molar-refractivity contribution in [2.45, 2.75) is 0 Å². The third kappa shape index (κ3) is 1.59. The Labute approximate surface area is 76.6 Å². The highest BCUT2D eigenvalue weighted by Gasteiger charge is 2.12. The van der Waals surface area contributed by atoms with E-state index in [1.54, 1.807) is 11.3 Å². The molecule has 0 amide bonds. The fourth-order valence-corrected chi connectivity index (χ4v) is 2.01. The molecule has 0 bridgehead atoms. The minimum atomic E-state index is 1.04. The highest BCUT2D eigenvalue weighted by molar-refractivity contribution is 7.13. The van der Waals surface area contributed by atoms with E-state index in [4.69, 9.17) is 0 Å². The molecule has 0 aliphatic carbocycles. The molecule has 0 atom stereocenters. The molecule has 1 saturated heterocycles. The van der Waals surface area contributed by atoms with Gasteiger partial charge in [-0.3, -0.25) is 7.05 Å². The minimum absolute atomic E-state index is 1.04. The second-order valence-electron chi connectivity index (χ2n) is 2.92. The molecule has 1 fully saturated rings. The molecule has 1 aliphatic heterocycles. The van der Waals surface area contributed by atoms with Gasteiger partial charge in [-0.2, -0.15) is 0 Å². The van der Waals surface area contributed by atoms with Gasteiger partial charge in [0.15, 0.2) is 5.13 Å². The Balaban J connectivity index is 1.99. The first-order chi connectivity index (χ1) is 5.86. The van der Waals surface area contributed by atoms with E-state index >= 15 is 0 Å². The fraction of sp³-hybridized carbons (Fsp3) is 0.500. The van der Waals surface area contributed by atoms with Gasteiger partial charge < -0.3 is 9.80 Å². The fourth-order valence-electron chi connectivity index (χ4n) is 1.31. The molecule has 2 rings (SSSR count). The van der Waals surface area contributed by atoms with Crippen LogP contribution in [0.1, 0.15) is 0 Å². The Kier molecular flexibility index (Phi) is 2.28. The van der Waals surface area contributed by atoms with E-state index in [2.05, 4.69) is 21.8 Å². The number of rotatable bonds is 1. The number of hydrogen-bond donors (Lipinski definition) is 0. The van der Waals surface area contributed by atoms with Gasteiger partial charge in [-0.05, 0) is 13.1 Å². The maximum absolute atomic E-state index is 4.27. The summed E-state index contributed by atoms with van der Waals surface area (Å²) in [6, 6.07) is 0. The summed E-state index contributed by atoms with van der Waals surface area (Å²) in [5.74, 6) is 0. The zero-order chi connectivity index (χ0) is 8.39. The molecule has 66 valence electrons. The van der Waals surface area contributed by atoms with Crippen LogP contribution < -0.4 is 4.90 Å². The van der Waals surface area contributed by atoms with Crippen LogP contribution in [0.15, 0.2) is 11.6 Å². The number of anilines is 1. The first kappa shape index (κ1) is 8.01. The number of piperazine rings is 1. The van der Waals surface area contributed by atoms with Crippen molar-refractivity contribution < 1.29 is 0 Å². The van der Waals surface area contributed by atoms with E-state index in [1.807, 2.05) is 11.6 Å². The molecule has 0 aromatic carbocycles. The molecule has 0 saturated carbocycles. The SMILES string of the molecule is [CH2-]N1CCN(c2nccs2)CC1. The van der Waals surface area contributed by atoms with Crippen LogP contribution in [0.5, 0.6) is 0 Å². The van der Waals surface area contributed by atoms with Gasteiger partial charge in [-0.1, -0.05) is 0 Å². The standard InChI is InChI=1S/C8H12N3S/c1-10-3-5-11(6-4-10)8-9-2-7-12-8/h2,7H,1,3-6H2/q-1. The molecule has 0 radical (unpaired) electrons. The molecule has 0 spiro atoms. The van der Waals surface area contributed by atoms with E-state index in [9.17, 15) is 0 Å². The Morgan fingerprint density at radius 3 is 2.67 bits per heavy atom. The highest BCUT2D eigenvalue weighted by Crippen LogP contribution is 2.18. The smallest absolute Gasteiger partial charge is 0.185 e. The van der Waals surface area contributed by atoms with Crippen molar-refractivity contribution in [3.05, 3.63) is 18.6 Å². The van der Waals surface area contributed by atoms with Gasteiger partial charge in [0.25, 0.3) is 0 Å². The van der Waals surface area contributed by atoms with Crippen molar-refractivity contribution >= 4 is 16.5 Å². The Morgan fingerprint density at radius 1 is 1.33 bits per heavy atom. The molecule has 4 heteroatoms. The zero-order valence-corrected chi connectivity index (χ0v) is 7.76. The molecular weight excluding hydrogens is 170 g/mol. The monoisotopic (exact) mass is 182 g/mol. The zero-order valence-electron chi connectivity index (χ0n) is 6.94. The topological polar surface area (TPSA) is 19.4 Å². The predicted molar refractivity (Wildman–Crippen MR) is 51.3 cm³/mol. The van der Waals surface area contributed by atoms with Crippen LogP contribution in [0.25, 0.3) is 0 Å². The Morgan fingerprint density at radius 2 is 2.08 bits per heavy atom. The largest absolute Gasteiger partial charge is 0.456 e. The van der Waals surface area contributed by atoms with Crippen molar-refractivity contribution in [1.29, 1.82) is 0 Å². The summed E-state index contributed by atoms with van der Waals surface area (Å²) in [7, 11) is 3.90. The van der Waals surface area contributed by atoms with E-state index in [1.165, 1.54) is 0 Å². The molecular formula is C8H12N3S-. The summed E-state index contributed by atoms with van der Waals surface area (Å²) in [6.45, 7) is 4.19. The van der Waals surface area contributed by atoms with Gasteiger partial charge in [0.1, 0.15) is 0 Å². The quantitative estimate of drug-likeness (QED) is 0.605. The van der Waals surface area contributed by atoms with Crippen molar-refractivity contribution in [2.75, 3.05) is 31.1 Å². The molecule has 3 nitrogen and oxygen atoms in total. The van der Waals surface area contributed by atoms with E-state index < -0.39 is 0 Å². The van der Waals surface area contributed by atoms with Gasteiger partial charge in [-0.25, -0.2) is 4.98 Å². The van der Waals surface area contributed by atoms with Crippen LogP contribution in [0.2, 0.25) is 0 Å². The van der Waals surface area contributed by atoms with Crippen LogP contribution >= 0.6 is 11.3 Å². The average Bonchev–Trinajstić information content (AvgIpc) is 2.58. The molecule has 2 heterocycles. The second-order valence-corrected chi connectivity index (χ2v) is 3.79. The lowest BCUT2D eigenvalue weighted by molar-refractivity contribution is 0.344. The number of aromatic nitrogens is 1. The molecule has 0 N–H and O–H groups in total. The van der Waals surface area contributed by atoms with Crippen LogP contribution in [0, 0.1) is 7.05 Å². The number of hydrogen-bond acceptors (Lipinski definition) is 4. The summed E-state index contributed by atoms with van der Waals surface area (Å²) in [6.07, 6.45) is 1.86. The van der Waals surface area contributed by atoms with Gasteiger partial charge >= 0.3 is 0 Å². The van der Waals surface area contributed by atoms with E-state index in [0.717, 1.165) is 31.3 Å². The van der Waals surface area contributed by atoms with Crippen LogP contribution in [-0.2, 0) is 0 Å². The number of thiazole rings is 1. The molecule has 1 aliphatic rings. The third-order valence-electron chi connectivity index (χ3n) is 2.06. The molecule has 1 aromatic rings. The molecule has 12 heavy (non-hydrogen) atoms. The van der Waals surface area contributed by atoms with Gasteiger partial charge in [0.2, 0.25) is 0 Å². The first-order valence-corrected chi connectivity index (χ1v) is 4.94. The second kappa shape index (κ2) is 3.41. The molecule has 0 unspecified atom stereocenters. The molecule has 1 aromatic heterocycles. The first-order valence-electron chi connectivity index (χ1n) is 4.06. The van der Waals surface area contributed by atoms with Gasteiger partial charge in [-0.15, -0.1) is 11.3 Å². The third-order valence-corrected chi connectivity index (χ3v) is 2.89. The normalized spacial score (nSPS) is 19.9. The number of nitrogens with zero attached hydrogens (tertiary/aromatic N) is 3. The van der Waals surface area contributed by atoms with Crippen molar-refractivity contribution in [1.82, 2.24) is 9.88 Å². The van der Waals surface area contributed by atoms with Crippen molar-refractivity contribution in [3.63, 3.8) is 0 Å². The summed E-state index contributed by atoms with van der Waals surface area (Å²) >= 11 is 1.71. The van der Waals surface area contributed by atoms with Crippen LogP contribution in [0.4, 0.5) is 5.13 Å². The van der Waals surface area contributed by atoms with Crippen molar-refractivity contribution in [2.24, 2.45) is 0 Å². The average molecular weight is 182 g/mol. The predicted octanol–water partition coefficient (Wildman–Crippen LogP) is 1.06. The van der Waals surface area contributed by atoms with Crippen LogP contribution in [0.3, 0.4) is 0 Å². The van der Waals surface area contributed by atoms with Crippen molar-refractivity contribution in [3.8, 4) is 0 Å². The van der Waals surface area contributed by atoms with Gasteiger partial charge in [0, 0.05) is 24.7 Å².